The minimum atomic E-state index is -4.78. The summed E-state index contributed by atoms with van der Waals surface area (Å²) in [5.41, 5.74) is -2.17. The number of nitrogens with zero attached hydrogens (tertiary/aromatic N) is 1. The van der Waals surface area contributed by atoms with Crippen molar-refractivity contribution in [2.24, 2.45) is 0 Å². The number of carboxylic acids is 1. The molecule has 1 N–H and O–H groups in total. The standard InChI is InChI=1S/C11H5F4NO2/c12-5-1-2-8-6(3-5)7(11(13,14)15)4-9(16-8)10(17)18/h1-4H,(H,17,18). The fraction of sp³-hybridized carbons (Fsp3) is 0.0909. The highest BCUT2D eigenvalue weighted by Gasteiger charge is 2.34. The maximum absolute atomic E-state index is 13.0. The summed E-state index contributed by atoms with van der Waals surface area (Å²) in [5, 5.41) is 8.22. The predicted octanol–water partition coefficient (Wildman–Crippen LogP) is 3.09. The predicted molar refractivity (Wildman–Crippen MR) is 53.7 cm³/mol. The van der Waals surface area contributed by atoms with Gasteiger partial charge in [-0.15, -0.1) is 0 Å². The molecule has 1 aromatic carbocycles. The Labute approximate surface area is 97.7 Å². The molecule has 0 aliphatic carbocycles. The molecule has 0 fully saturated rings. The Morgan fingerprint density at radius 1 is 1.22 bits per heavy atom. The number of benzene rings is 1. The van der Waals surface area contributed by atoms with Gasteiger partial charge in [-0.3, -0.25) is 0 Å². The average Bonchev–Trinajstić information content (AvgIpc) is 2.26. The lowest BCUT2D eigenvalue weighted by Gasteiger charge is -2.11. The first-order valence-electron chi connectivity index (χ1n) is 4.70. The molecule has 0 radical (unpaired) electrons. The van der Waals surface area contributed by atoms with Crippen LogP contribution in [0.3, 0.4) is 0 Å². The molecule has 3 nitrogen and oxygen atoms in total. The minimum absolute atomic E-state index is 0.219. The fourth-order valence-corrected chi connectivity index (χ4v) is 1.54. The highest BCUT2D eigenvalue weighted by molar-refractivity contribution is 5.91. The number of aromatic carboxylic acids is 1. The molecule has 0 unspecified atom stereocenters. The van der Waals surface area contributed by atoms with Crippen LogP contribution in [0.2, 0.25) is 0 Å². The summed E-state index contributed by atoms with van der Waals surface area (Å²) in [6.45, 7) is 0. The fourth-order valence-electron chi connectivity index (χ4n) is 1.54. The summed E-state index contributed by atoms with van der Waals surface area (Å²) < 4.78 is 51.2. The average molecular weight is 259 g/mol. The molecule has 1 aromatic heterocycles. The zero-order valence-corrected chi connectivity index (χ0v) is 8.62. The van der Waals surface area contributed by atoms with Crippen LogP contribution in [0.15, 0.2) is 24.3 Å². The maximum atomic E-state index is 13.0. The number of rotatable bonds is 1. The molecule has 94 valence electrons. The molecule has 1 heterocycles. The van der Waals surface area contributed by atoms with Gasteiger partial charge in [0.2, 0.25) is 0 Å². The van der Waals surface area contributed by atoms with E-state index in [2.05, 4.69) is 4.98 Å². The van der Waals surface area contributed by atoms with E-state index in [0.29, 0.717) is 12.1 Å². The smallest absolute Gasteiger partial charge is 0.417 e. The van der Waals surface area contributed by atoms with Crippen molar-refractivity contribution in [3.63, 3.8) is 0 Å². The first kappa shape index (κ1) is 12.3. The van der Waals surface area contributed by atoms with Crippen LogP contribution in [-0.2, 0) is 6.18 Å². The first-order chi connectivity index (χ1) is 8.29. The van der Waals surface area contributed by atoms with E-state index in [4.69, 9.17) is 5.11 Å². The van der Waals surface area contributed by atoms with Crippen LogP contribution in [-0.4, -0.2) is 16.1 Å². The van der Waals surface area contributed by atoms with Gasteiger partial charge in [0, 0.05) is 5.39 Å². The van der Waals surface area contributed by atoms with Gasteiger partial charge in [-0.1, -0.05) is 0 Å². The molecule has 0 amide bonds. The number of halogens is 4. The second kappa shape index (κ2) is 3.94. The SMILES string of the molecule is O=C(O)c1cc(C(F)(F)F)c2cc(F)ccc2n1. The molecule has 7 heteroatoms. The van der Waals surface area contributed by atoms with Crippen molar-refractivity contribution in [1.29, 1.82) is 0 Å². The highest BCUT2D eigenvalue weighted by atomic mass is 19.4. The lowest BCUT2D eigenvalue weighted by molar-refractivity contribution is -0.136. The van der Waals surface area contributed by atoms with Gasteiger partial charge >= 0.3 is 12.1 Å². The largest absolute Gasteiger partial charge is 0.477 e. The van der Waals surface area contributed by atoms with Crippen molar-refractivity contribution in [2.75, 3.05) is 0 Å². The molecular formula is C11H5F4NO2. The molecule has 2 rings (SSSR count). The lowest BCUT2D eigenvalue weighted by Crippen LogP contribution is -2.10. The molecule has 0 aliphatic rings. The van der Waals surface area contributed by atoms with Gasteiger partial charge < -0.3 is 5.11 Å². The quantitative estimate of drug-likeness (QED) is 0.800. The van der Waals surface area contributed by atoms with E-state index >= 15 is 0 Å². The van der Waals surface area contributed by atoms with E-state index in [-0.39, 0.29) is 5.52 Å². The van der Waals surface area contributed by atoms with Crippen LogP contribution in [0, 0.1) is 5.82 Å². The van der Waals surface area contributed by atoms with Crippen molar-refractivity contribution < 1.29 is 27.5 Å². The molecule has 2 aromatic rings. The van der Waals surface area contributed by atoms with E-state index in [9.17, 15) is 22.4 Å². The Hall–Kier alpha value is -2.18. The first-order valence-corrected chi connectivity index (χ1v) is 4.70. The zero-order valence-electron chi connectivity index (χ0n) is 8.62. The number of fused-ring (bicyclic) bond motifs is 1. The van der Waals surface area contributed by atoms with Gasteiger partial charge in [0.25, 0.3) is 0 Å². The summed E-state index contributed by atoms with van der Waals surface area (Å²) in [7, 11) is 0. The van der Waals surface area contributed by atoms with Gasteiger partial charge in [0.05, 0.1) is 11.1 Å². The van der Waals surface area contributed by atoms with Gasteiger partial charge in [-0.2, -0.15) is 13.2 Å². The maximum Gasteiger partial charge on any atom is 0.417 e. The van der Waals surface area contributed by atoms with Crippen molar-refractivity contribution in [3.8, 4) is 0 Å². The number of carbonyl (C=O) groups is 1. The Morgan fingerprint density at radius 2 is 1.89 bits per heavy atom. The van der Waals surface area contributed by atoms with Crippen LogP contribution in [0.4, 0.5) is 17.6 Å². The van der Waals surface area contributed by atoms with Gasteiger partial charge in [-0.05, 0) is 24.3 Å². The Bertz CT molecular complexity index is 637. The van der Waals surface area contributed by atoms with Crippen molar-refractivity contribution in [2.45, 2.75) is 6.18 Å². The summed E-state index contributed by atoms with van der Waals surface area (Å²) in [4.78, 5) is 14.2. The van der Waals surface area contributed by atoms with Gasteiger partial charge in [0.15, 0.2) is 0 Å². The summed E-state index contributed by atoms with van der Waals surface area (Å²) in [5.74, 6) is -2.43. The Kier molecular flexibility index (Phi) is 2.68. The molecule has 0 saturated carbocycles. The van der Waals surface area contributed by atoms with Crippen LogP contribution in [0.1, 0.15) is 16.1 Å². The minimum Gasteiger partial charge on any atom is -0.477 e. The van der Waals surface area contributed by atoms with Gasteiger partial charge in [-0.25, -0.2) is 14.2 Å². The molecule has 0 aliphatic heterocycles. The third-order valence-corrected chi connectivity index (χ3v) is 2.30. The van der Waals surface area contributed by atoms with Crippen LogP contribution in [0.5, 0.6) is 0 Å². The van der Waals surface area contributed by atoms with E-state index in [1.165, 1.54) is 0 Å². The van der Waals surface area contributed by atoms with E-state index < -0.39 is 34.6 Å². The van der Waals surface area contributed by atoms with E-state index in [0.717, 1.165) is 12.1 Å². The second-order valence-corrected chi connectivity index (χ2v) is 3.52. The molecule has 0 bridgehead atoms. The third-order valence-electron chi connectivity index (χ3n) is 2.30. The van der Waals surface area contributed by atoms with E-state index in [1.54, 1.807) is 0 Å². The van der Waals surface area contributed by atoms with Crippen LogP contribution < -0.4 is 0 Å². The van der Waals surface area contributed by atoms with Crippen molar-refractivity contribution in [1.82, 2.24) is 4.98 Å². The lowest BCUT2D eigenvalue weighted by atomic mass is 10.1. The molecule has 18 heavy (non-hydrogen) atoms. The molecule has 0 spiro atoms. The zero-order chi connectivity index (χ0) is 13.5. The highest BCUT2D eigenvalue weighted by Crippen LogP contribution is 2.35. The van der Waals surface area contributed by atoms with Crippen LogP contribution >= 0.6 is 0 Å². The Morgan fingerprint density at radius 3 is 2.44 bits per heavy atom. The number of alkyl halides is 3. The number of aromatic nitrogens is 1. The van der Waals surface area contributed by atoms with Gasteiger partial charge in [0.1, 0.15) is 11.5 Å². The number of pyridine rings is 1. The molecule has 0 atom stereocenters. The van der Waals surface area contributed by atoms with Crippen molar-refractivity contribution >= 4 is 16.9 Å². The van der Waals surface area contributed by atoms with E-state index in [1.807, 2.05) is 0 Å². The second-order valence-electron chi connectivity index (χ2n) is 3.52. The number of hydrogen-bond donors (Lipinski definition) is 1. The summed E-state index contributed by atoms with van der Waals surface area (Å²) >= 11 is 0. The van der Waals surface area contributed by atoms with Crippen molar-refractivity contribution in [3.05, 3.63) is 41.3 Å². The monoisotopic (exact) mass is 259 g/mol. The van der Waals surface area contributed by atoms with Crippen LogP contribution in [0.25, 0.3) is 10.9 Å². The topological polar surface area (TPSA) is 50.2 Å². The third kappa shape index (κ3) is 2.11. The molecular weight excluding hydrogens is 254 g/mol. The Balaban J connectivity index is 2.86. The summed E-state index contributed by atoms with van der Waals surface area (Å²) in [6.07, 6.45) is -4.78. The number of hydrogen-bond acceptors (Lipinski definition) is 2. The normalized spacial score (nSPS) is 11.8. The number of carboxylic acid groups (broad SMARTS) is 1. The molecule has 0 saturated heterocycles. The summed E-state index contributed by atoms with van der Waals surface area (Å²) in [6, 6.07) is 2.99.